The molecule has 26 heavy (non-hydrogen) atoms. The van der Waals surface area contributed by atoms with Gasteiger partial charge in [0.1, 0.15) is 5.75 Å². The van der Waals surface area contributed by atoms with Crippen LogP contribution in [-0.2, 0) is 0 Å². The minimum atomic E-state index is 0.188. The zero-order chi connectivity index (χ0) is 19.1. The predicted molar refractivity (Wildman–Crippen MR) is 114 cm³/mol. The third kappa shape index (κ3) is 5.71. The summed E-state index contributed by atoms with van der Waals surface area (Å²) >= 11 is 5.46. The number of ether oxygens (including phenoxy) is 1. The molecule has 0 aliphatic heterocycles. The Balaban J connectivity index is 1.96. The minimum absolute atomic E-state index is 0.188. The Morgan fingerprint density at radius 3 is 2.35 bits per heavy atom. The summed E-state index contributed by atoms with van der Waals surface area (Å²) in [6.45, 7) is 5.08. The zero-order valence-corrected chi connectivity index (χ0v) is 17.1. The lowest BCUT2D eigenvalue weighted by molar-refractivity contribution is 0.298. The highest BCUT2D eigenvalue weighted by molar-refractivity contribution is 7.80. The fraction of sp³-hybridized carbons (Fsp3) is 0.381. The number of thiocarbonyl (C=S) groups is 1. The maximum atomic E-state index is 5.46. The van der Waals surface area contributed by atoms with Crippen molar-refractivity contribution in [2.75, 3.05) is 33.1 Å². The number of hydrogen-bond acceptors (Lipinski definition) is 3. The molecule has 2 aromatic rings. The van der Waals surface area contributed by atoms with E-state index >= 15 is 0 Å². The third-order valence-corrected chi connectivity index (χ3v) is 4.64. The van der Waals surface area contributed by atoms with Gasteiger partial charge in [-0.1, -0.05) is 38.1 Å². The van der Waals surface area contributed by atoms with Crippen LogP contribution in [0.4, 0.5) is 5.69 Å². The molecule has 1 atom stereocenters. The van der Waals surface area contributed by atoms with Crippen LogP contribution in [0.1, 0.15) is 36.9 Å². The fourth-order valence-corrected chi connectivity index (χ4v) is 2.96. The van der Waals surface area contributed by atoms with E-state index in [0.29, 0.717) is 17.6 Å². The second-order valence-electron chi connectivity index (χ2n) is 6.87. The molecule has 0 aliphatic carbocycles. The Kier molecular flexibility index (Phi) is 7.42. The average Bonchev–Trinajstić information content (AvgIpc) is 2.62. The molecule has 140 valence electrons. The summed E-state index contributed by atoms with van der Waals surface area (Å²) in [7, 11) is 5.81. The molecule has 0 bridgehead atoms. The van der Waals surface area contributed by atoms with Gasteiger partial charge in [-0.3, -0.25) is 0 Å². The van der Waals surface area contributed by atoms with Crippen molar-refractivity contribution >= 4 is 23.0 Å². The van der Waals surface area contributed by atoms with E-state index in [1.807, 2.05) is 12.1 Å². The predicted octanol–water partition coefficient (Wildman–Crippen LogP) is 4.41. The molecular formula is C21H29N3OS. The summed E-state index contributed by atoms with van der Waals surface area (Å²) in [6.07, 6.45) is 0. The van der Waals surface area contributed by atoms with Gasteiger partial charge in [-0.05, 0) is 67.6 Å². The van der Waals surface area contributed by atoms with Crippen molar-refractivity contribution in [1.29, 1.82) is 0 Å². The number of hydrogen-bond donors (Lipinski definition) is 2. The van der Waals surface area contributed by atoms with Gasteiger partial charge in [0, 0.05) is 12.2 Å². The van der Waals surface area contributed by atoms with E-state index in [1.54, 1.807) is 7.11 Å². The highest BCUT2D eigenvalue weighted by atomic mass is 32.1. The van der Waals surface area contributed by atoms with Crippen molar-refractivity contribution in [3.63, 3.8) is 0 Å². The van der Waals surface area contributed by atoms with Gasteiger partial charge < -0.3 is 20.3 Å². The molecule has 4 nitrogen and oxygen atoms in total. The van der Waals surface area contributed by atoms with Gasteiger partial charge >= 0.3 is 0 Å². The van der Waals surface area contributed by atoms with Gasteiger partial charge in [0.25, 0.3) is 0 Å². The van der Waals surface area contributed by atoms with E-state index in [2.05, 4.69) is 79.9 Å². The first-order valence-corrected chi connectivity index (χ1v) is 9.26. The van der Waals surface area contributed by atoms with Gasteiger partial charge in [0.2, 0.25) is 0 Å². The van der Waals surface area contributed by atoms with Crippen molar-refractivity contribution in [2.24, 2.45) is 0 Å². The zero-order valence-electron chi connectivity index (χ0n) is 16.2. The summed E-state index contributed by atoms with van der Waals surface area (Å²) < 4.78 is 5.34. The van der Waals surface area contributed by atoms with Crippen LogP contribution in [0.25, 0.3) is 0 Å². The van der Waals surface area contributed by atoms with E-state index in [0.717, 1.165) is 11.4 Å². The van der Waals surface area contributed by atoms with E-state index in [1.165, 1.54) is 11.1 Å². The van der Waals surface area contributed by atoms with E-state index in [-0.39, 0.29) is 6.04 Å². The van der Waals surface area contributed by atoms with Crippen LogP contribution in [0.2, 0.25) is 0 Å². The van der Waals surface area contributed by atoms with E-state index < -0.39 is 0 Å². The first-order valence-electron chi connectivity index (χ1n) is 8.86. The minimum Gasteiger partial charge on any atom is -0.497 e. The molecule has 0 amide bonds. The second kappa shape index (κ2) is 9.55. The molecule has 2 N–H and O–H groups in total. The molecule has 2 rings (SSSR count). The number of methoxy groups -OCH3 is 1. The van der Waals surface area contributed by atoms with Crippen molar-refractivity contribution in [3.8, 4) is 5.75 Å². The van der Waals surface area contributed by atoms with Gasteiger partial charge in [0.05, 0.1) is 13.2 Å². The Morgan fingerprint density at radius 1 is 1.08 bits per heavy atom. The lowest BCUT2D eigenvalue weighted by Gasteiger charge is -2.26. The summed E-state index contributed by atoms with van der Waals surface area (Å²) in [6, 6.07) is 16.7. The maximum absolute atomic E-state index is 5.46. The second-order valence-corrected chi connectivity index (χ2v) is 7.28. The normalized spacial score (nSPS) is 12.1. The summed E-state index contributed by atoms with van der Waals surface area (Å²) in [5.41, 5.74) is 3.50. The monoisotopic (exact) mass is 371 g/mol. The van der Waals surface area contributed by atoms with E-state index in [9.17, 15) is 0 Å². The van der Waals surface area contributed by atoms with Gasteiger partial charge in [-0.2, -0.15) is 0 Å². The van der Waals surface area contributed by atoms with Crippen molar-refractivity contribution < 1.29 is 4.74 Å². The first-order chi connectivity index (χ1) is 12.4. The van der Waals surface area contributed by atoms with Gasteiger partial charge in [-0.15, -0.1) is 0 Å². The standard InChI is InChI=1S/C21H29N3OS/c1-15(2)16-9-11-18(12-10-16)23-21(26)22-14-20(24(3)4)17-7-6-8-19(13-17)25-5/h6-13,15,20H,14H2,1-5H3,(H2,22,23,26)/t20-/m1/s1. The molecular weight excluding hydrogens is 342 g/mol. The van der Waals surface area contributed by atoms with Crippen LogP contribution in [-0.4, -0.2) is 37.8 Å². The molecule has 0 saturated heterocycles. The van der Waals surface area contributed by atoms with Gasteiger partial charge in [-0.25, -0.2) is 0 Å². The van der Waals surface area contributed by atoms with Gasteiger partial charge in [0.15, 0.2) is 5.11 Å². The van der Waals surface area contributed by atoms with Crippen LogP contribution in [0.5, 0.6) is 5.75 Å². The van der Waals surface area contributed by atoms with E-state index in [4.69, 9.17) is 17.0 Å². The molecule has 0 fully saturated rings. The lowest BCUT2D eigenvalue weighted by Crippen LogP contribution is -2.36. The third-order valence-electron chi connectivity index (χ3n) is 4.39. The fourth-order valence-electron chi connectivity index (χ4n) is 2.76. The number of nitrogens with one attached hydrogen (secondary N) is 2. The summed E-state index contributed by atoms with van der Waals surface area (Å²) in [5, 5.41) is 7.20. The molecule has 5 heteroatoms. The molecule has 0 heterocycles. The topological polar surface area (TPSA) is 36.5 Å². The van der Waals surface area contributed by atoms with Crippen molar-refractivity contribution in [2.45, 2.75) is 25.8 Å². The molecule has 0 aromatic heterocycles. The van der Waals surface area contributed by atoms with Crippen LogP contribution < -0.4 is 15.4 Å². The van der Waals surface area contributed by atoms with Crippen LogP contribution >= 0.6 is 12.2 Å². The number of nitrogens with zero attached hydrogens (tertiary/aromatic N) is 1. The number of rotatable bonds is 7. The number of anilines is 1. The SMILES string of the molecule is COc1cccc([C@@H](CNC(=S)Nc2ccc(C(C)C)cc2)N(C)C)c1. The lowest BCUT2D eigenvalue weighted by atomic mass is 10.0. The van der Waals surface area contributed by atoms with Crippen molar-refractivity contribution in [1.82, 2.24) is 10.2 Å². The molecule has 0 unspecified atom stereocenters. The van der Waals surface area contributed by atoms with Crippen LogP contribution in [0.3, 0.4) is 0 Å². The molecule has 0 saturated carbocycles. The summed E-state index contributed by atoms with van der Waals surface area (Å²) in [5.74, 6) is 1.39. The Hall–Kier alpha value is -2.11. The Morgan fingerprint density at radius 2 is 1.77 bits per heavy atom. The highest BCUT2D eigenvalue weighted by Gasteiger charge is 2.15. The summed E-state index contributed by atoms with van der Waals surface area (Å²) in [4.78, 5) is 2.17. The Bertz CT molecular complexity index is 713. The number of benzene rings is 2. The van der Waals surface area contributed by atoms with Crippen molar-refractivity contribution in [3.05, 3.63) is 59.7 Å². The molecule has 0 spiro atoms. The van der Waals surface area contributed by atoms with Crippen LogP contribution in [0.15, 0.2) is 48.5 Å². The highest BCUT2D eigenvalue weighted by Crippen LogP contribution is 2.22. The molecule has 0 aliphatic rings. The maximum Gasteiger partial charge on any atom is 0.170 e. The molecule has 0 radical (unpaired) electrons. The molecule has 2 aromatic carbocycles. The smallest absolute Gasteiger partial charge is 0.170 e. The largest absolute Gasteiger partial charge is 0.497 e. The first kappa shape index (κ1) is 20.2. The Labute approximate surface area is 162 Å². The quantitative estimate of drug-likeness (QED) is 0.705. The average molecular weight is 372 g/mol. The number of likely N-dealkylation sites (N-methyl/N-ethyl adjacent to an activating group) is 1. The van der Waals surface area contributed by atoms with Crippen LogP contribution in [0, 0.1) is 0 Å².